The first-order valence-corrected chi connectivity index (χ1v) is 11.3. The molecule has 0 aliphatic rings. The Hall–Kier alpha value is -3.54. The van der Waals surface area contributed by atoms with Crippen molar-refractivity contribution in [3.8, 4) is 0 Å². The summed E-state index contributed by atoms with van der Waals surface area (Å²) < 4.78 is 74.7. The number of hydrogen-bond donors (Lipinski definition) is 0. The Morgan fingerprint density at radius 2 is 0.667 bits per heavy atom. The third-order valence-electron chi connectivity index (χ3n) is 4.41. The Morgan fingerprint density at radius 3 is 0.861 bits per heavy atom. The second-order valence-corrected chi connectivity index (χ2v) is 7.21. The van der Waals surface area contributed by atoms with Gasteiger partial charge in [-0.15, -0.1) is 0 Å². The molecule has 0 unspecified atom stereocenters. The Balaban J connectivity index is -0.0000000745. The molecule has 204 valence electrons. The fourth-order valence-electron chi connectivity index (χ4n) is 2.57. The summed E-state index contributed by atoms with van der Waals surface area (Å²) in [4.78, 5) is 0. The Morgan fingerprint density at radius 1 is 0.444 bits per heavy atom. The van der Waals surface area contributed by atoms with E-state index in [1.807, 2.05) is 68.4 Å². The summed E-state index contributed by atoms with van der Waals surface area (Å²) in [7, 11) is 0. The van der Waals surface area contributed by atoms with E-state index < -0.39 is 34.9 Å². The van der Waals surface area contributed by atoms with E-state index in [0.717, 1.165) is 0 Å². The Labute approximate surface area is 219 Å². The highest BCUT2D eigenvalue weighted by Gasteiger charge is 2.16. The van der Waals surface area contributed by atoms with E-state index >= 15 is 0 Å². The standard InChI is InChI=1S/C9H9F3.C7H8.C6H3F3.C6H6.C2H6.5H2/c1-4-7(10)5(2)9(12)6(3)8(4)11;1-7-5-3-2-4-6-7;7-4-1-5(8)3-6(9)2-4;1-2-4-6-5-3-1;1-2;;;;;/h1-3H3;2-6H,1H3;1-3H;1-6H;1-2H3;5*1H/p+1. The number of benzene rings is 4. The van der Waals surface area contributed by atoms with E-state index in [2.05, 4.69) is 19.1 Å². The third kappa shape index (κ3) is 12.2. The fraction of sp³-hybridized carbons (Fsp3) is 0.200. The van der Waals surface area contributed by atoms with Crippen LogP contribution in [0.4, 0.5) is 26.3 Å². The maximum atomic E-state index is 13.0. The van der Waals surface area contributed by atoms with Gasteiger partial charge < -0.3 is 0 Å². The zero-order valence-electron chi connectivity index (χ0n) is 22.4. The average Bonchev–Trinajstić information content (AvgIpc) is 2.88. The molecule has 4 rings (SSSR count). The largest absolute Gasteiger partial charge is 1.00 e. The van der Waals surface area contributed by atoms with Crippen molar-refractivity contribution in [3.05, 3.63) is 142 Å². The van der Waals surface area contributed by atoms with E-state index in [0.29, 0.717) is 18.2 Å². The fourth-order valence-corrected chi connectivity index (χ4v) is 2.57. The van der Waals surface area contributed by atoms with Crippen molar-refractivity contribution in [2.45, 2.75) is 41.5 Å². The molecule has 0 radical (unpaired) electrons. The smallest absolute Gasteiger partial charge is 0.207 e. The van der Waals surface area contributed by atoms with Crippen LogP contribution in [0.1, 0.15) is 44.7 Å². The molecule has 6 heteroatoms. The summed E-state index contributed by atoms with van der Waals surface area (Å²) in [6, 6.07) is 24.1. The number of hydrogen-bond acceptors (Lipinski definition) is 0. The van der Waals surface area contributed by atoms with Gasteiger partial charge in [0.2, 0.25) is 0 Å². The molecular weight excluding hydrogens is 474 g/mol. The zero-order chi connectivity index (χ0) is 27.7. The molecule has 4 aromatic carbocycles. The Kier molecular flexibility index (Phi) is 16.1. The van der Waals surface area contributed by atoms with Crippen LogP contribution in [0.5, 0.6) is 0 Å². The molecule has 0 saturated heterocycles. The van der Waals surface area contributed by atoms with Gasteiger partial charge in [0.05, 0.1) is 0 Å². The minimum absolute atomic E-state index is 0. The Bertz CT molecular complexity index is 986. The van der Waals surface area contributed by atoms with Gasteiger partial charge in [0, 0.05) is 42.0 Å². The predicted molar refractivity (Wildman–Crippen MR) is 147 cm³/mol. The van der Waals surface area contributed by atoms with E-state index in [1.54, 1.807) is 0 Å². The highest BCUT2D eigenvalue weighted by atomic mass is 19.2. The van der Waals surface area contributed by atoms with E-state index in [4.69, 9.17) is 0 Å². The molecule has 4 aromatic rings. The molecule has 0 saturated carbocycles. The van der Waals surface area contributed by atoms with Crippen LogP contribution in [0, 0.1) is 62.6 Å². The van der Waals surface area contributed by atoms with E-state index in [-0.39, 0.29) is 25.3 Å². The molecule has 0 bridgehead atoms. The molecule has 0 aliphatic heterocycles. The van der Waals surface area contributed by atoms with Crippen molar-refractivity contribution >= 4 is 0 Å². The lowest BCUT2D eigenvalue weighted by Crippen LogP contribution is -2.01. The van der Waals surface area contributed by atoms with Gasteiger partial charge in [0.1, 0.15) is 34.9 Å². The molecule has 0 nitrogen and oxygen atoms in total. The molecule has 36 heavy (non-hydrogen) atoms. The molecule has 0 spiro atoms. The van der Waals surface area contributed by atoms with Crippen LogP contribution in [-0.4, -0.2) is 0 Å². The summed E-state index contributed by atoms with van der Waals surface area (Å²) in [6.45, 7) is 9.97. The second-order valence-electron chi connectivity index (χ2n) is 7.21. The third-order valence-corrected chi connectivity index (χ3v) is 4.41. The second kappa shape index (κ2) is 17.8. The molecule has 0 N–H and O–H groups in total. The van der Waals surface area contributed by atoms with E-state index in [1.165, 1.54) is 26.3 Å². The average molecular weight is 518 g/mol. The van der Waals surface area contributed by atoms with Crippen LogP contribution in [0.25, 0.3) is 0 Å². The first-order valence-electron chi connectivity index (χ1n) is 11.3. The molecule has 0 amide bonds. The monoisotopic (exact) mass is 517 g/mol. The van der Waals surface area contributed by atoms with Crippen molar-refractivity contribution in [3.63, 3.8) is 0 Å². The minimum atomic E-state index is -0.896. The van der Waals surface area contributed by atoms with Gasteiger partial charge in [0.25, 0.3) is 0 Å². The first-order chi connectivity index (χ1) is 17.0. The van der Waals surface area contributed by atoms with Crippen LogP contribution in [0.2, 0.25) is 0 Å². The van der Waals surface area contributed by atoms with Gasteiger partial charge in [-0.3, -0.25) is 0 Å². The lowest BCUT2D eigenvalue weighted by atomic mass is 10.1. The first kappa shape index (κ1) is 32.5. The topological polar surface area (TPSA) is 0 Å². The van der Waals surface area contributed by atoms with Crippen molar-refractivity contribution in [2.24, 2.45) is 0 Å². The minimum Gasteiger partial charge on any atom is -0.207 e. The van der Waals surface area contributed by atoms with Crippen LogP contribution in [0.3, 0.4) is 0 Å². The summed E-state index contributed by atoms with van der Waals surface area (Å²) in [5.41, 5.74) is 0.965. The van der Waals surface area contributed by atoms with Crippen molar-refractivity contribution < 1.29 is 34.9 Å². The van der Waals surface area contributed by atoms with Gasteiger partial charge in [-0.05, 0) is 27.7 Å². The van der Waals surface area contributed by atoms with Gasteiger partial charge in [-0.1, -0.05) is 86.1 Å². The zero-order valence-corrected chi connectivity index (χ0v) is 21.4. The van der Waals surface area contributed by atoms with Crippen LogP contribution < -0.4 is 0 Å². The number of halogens is 6. The normalized spacial score (nSPS) is 9.11. The maximum Gasteiger partial charge on any atom is 1.00 e. The highest BCUT2D eigenvalue weighted by molar-refractivity contribution is 5.33. The van der Waals surface area contributed by atoms with Crippen molar-refractivity contribution in [2.75, 3.05) is 0 Å². The van der Waals surface area contributed by atoms with Crippen molar-refractivity contribution in [1.29, 1.82) is 0 Å². The quantitative estimate of drug-likeness (QED) is 0.204. The number of aryl methyl sites for hydroxylation is 1. The van der Waals surface area contributed by atoms with Crippen LogP contribution in [-0.2, 0) is 0 Å². The molecule has 0 aromatic heterocycles. The molecule has 0 fully saturated rings. The summed E-state index contributed by atoms with van der Waals surface area (Å²) in [5, 5.41) is 0. The highest BCUT2D eigenvalue weighted by Crippen LogP contribution is 2.22. The van der Waals surface area contributed by atoms with E-state index in [9.17, 15) is 26.3 Å². The lowest BCUT2D eigenvalue weighted by Gasteiger charge is -2.07. The van der Waals surface area contributed by atoms with Crippen molar-refractivity contribution in [1.82, 2.24) is 0 Å². The SMILES string of the molecule is CC.Cc1c(F)c(C)c(F)c(C)c1F.Cc1ccccc1.Fc1cc(F)cc(F)c1.[H+].[HH].[HH].[HH].[HH].[HH].c1ccccc1. The van der Waals surface area contributed by atoms with Gasteiger partial charge in [-0.2, -0.15) is 0 Å². The van der Waals surface area contributed by atoms with Gasteiger partial charge >= 0.3 is 1.43 Å². The lowest BCUT2D eigenvalue weighted by molar-refractivity contribution is 0.512. The van der Waals surface area contributed by atoms with Gasteiger partial charge in [0.15, 0.2) is 0 Å². The summed E-state index contributed by atoms with van der Waals surface area (Å²) in [6.07, 6.45) is 0. The van der Waals surface area contributed by atoms with Crippen LogP contribution >= 0.6 is 0 Å². The maximum absolute atomic E-state index is 13.0. The molecule has 0 heterocycles. The molecule has 0 atom stereocenters. The van der Waals surface area contributed by atoms with Crippen LogP contribution in [0.15, 0.2) is 84.9 Å². The predicted octanol–water partition coefficient (Wildman–Crippen LogP) is 11.2. The summed E-state index contributed by atoms with van der Waals surface area (Å²) >= 11 is 0. The number of rotatable bonds is 0. The molecule has 0 aliphatic carbocycles. The van der Waals surface area contributed by atoms with Gasteiger partial charge in [-0.25, -0.2) is 26.3 Å². The summed E-state index contributed by atoms with van der Waals surface area (Å²) in [5.74, 6) is -5.07. The molecular formula is C30H43F6+.